The van der Waals surface area contributed by atoms with Gasteiger partial charge in [0.05, 0.1) is 32.7 Å². The molecule has 1 aliphatic heterocycles. The number of carboxylic acid groups (broad SMARTS) is 4. The SMILES string of the molecule is CC(=O)CN(CCN1CCN(CC(=O)O)CCN(CC(=O)O)CCN(CC(=O)O)CC1)CC(=O)O. The maximum Gasteiger partial charge on any atom is 0.317 e. The molecule has 0 atom stereocenters. The summed E-state index contributed by atoms with van der Waals surface area (Å²) in [6.07, 6.45) is 0. The van der Waals surface area contributed by atoms with E-state index in [1.165, 1.54) is 11.8 Å². The number of carboxylic acids is 4. The molecule has 1 rings (SSSR count). The largest absolute Gasteiger partial charge is 0.480 e. The Kier molecular flexibility index (Phi) is 14.0. The van der Waals surface area contributed by atoms with Crippen molar-refractivity contribution >= 4 is 29.7 Å². The molecule has 1 saturated heterocycles. The molecule has 14 nitrogen and oxygen atoms in total. The molecule has 1 heterocycles. The number of rotatable bonds is 13. The van der Waals surface area contributed by atoms with Gasteiger partial charge in [0.15, 0.2) is 0 Å². The first-order valence-corrected chi connectivity index (χ1v) is 11.4. The van der Waals surface area contributed by atoms with Gasteiger partial charge >= 0.3 is 23.9 Å². The highest BCUT2D eigenvalue weighted by atomic mass is 16.4. The highest BCUT2D eigenvalue weighted by Gasteiger charge is 2.21. The summed E-state index contributed by atoms with van der Waals surface area (Å²) in [6.45, 7) is 4.03. The van der Waals surface area contributed by atoms with E-state index in [1.807, 2.05) is 4.90 Å². The van der Waals surface area contributed by atoms with Crippen LogP contribution in [0.1, 0.15) is 6.92 Å². The van der Waals surface area contributed by atoms with E-state index >= 15 is 0 Å². The van der Waals surface area contributed by atoms with Crippen molar-refractivity contribution in [2.45, 2.75) is 6.92 Å². The normalized spacial score (nSPS) is 18.0. The van der Waals surface area contributed by atoms with Crippen LogP contribution in [0, 0.1) is 0 Å². The van der Waals surface area contributed by atoms with Crippen LogP contribution in [0.4, 0.5) is 0 Å². The van der Waals surface area contributed by atoms with Crippen LogP contribution in [0.5, 0.6) is 0 Å². The maximum absolute atomic E-state index is 11.5. The van der Waals surface area contributed by atoms with Crippen LogP contribution in [0.2, 0.25) is 0 Å². The fourth-order valence-corrected chi connectivity index (χ4v) is 3.85. The molecule has 0 saturated carbocycles. The first-order chi connectivity index (χ1) is 16.4. The predicted molar refractivity (Wildman–Crippen MR) is 123 cm³/mol. The lowest BCUT2D eigenvalue weighted by molar-refractivity contribution is -0.140. The summed E-state index contributed by atoms with van der Waals surface area (Å²) < 4.78 is 0. The second-order valence-corrected chi connectivity index (χ2v) is 8.66. The zero-order valence-electron chi connectivity index (χ0n) is 20.2. The van der Waals surface area contributed by atoms with E-state index in [-0.39, 0.29) is 38.5 Å². The number of hydrogen-bond donors (Lipinski definition) is 4. The molecule has 4 N–H and O–H groups in total. The van der Waals surface area contributed by atoms with Crippen molar-refractivity contribution < 1.29 is 44.4 Å². The molecule has 0 aromatic rings. The Bertz CT molecular complexity index is 688. The number of carbonyl (C=O) groups excluding carboxylic acids is 1. The Balaban J connectivity index is 2.97. The van der Waals surface area contributed by atoms with E-state index in [9.17, 15) is 39.3 Å². The van der Waals surface area contributed by atoms with Crippen LogP contribution in [-0.4, -0.2) is 173 Å². The molecule has 0 aromatic heterocycles. The number of ketones is 1. The van der Waals surface area contributed by atoms with Gasteiger partial charge in [-0.3, -0.25) is 48.5 Å². The minimum absolute atomic E-state index is 0.00414. The molecule has 0 bridgehead atoms. The van der Waals surface area contributed by atoms with E-state index in [0.717, 1.165) is 0 Å². The quantitative estimate of drug-likeness (QED) is 0.206. The third-order valence-corrected chi connectivity index (χ3v) is 5.54. The topological polar surface area (TPSA) is 182 Å². The third-order valence-electron chi connectivity index (χ3n) is 5.54. The molecule has 0 unspecified atom stereocenters. The van der Waals surface area contributed by atoms with Gasteiger partial charge in [0.25, 0.3) is 0 Å². The fraction of sp³-hybridized carbons (Fsp3) is 0.762. The maximum atomic E-state index is 11.5. The summed E-state index contributed by atoms with van der Waals surface area (Å²) in [5.41, 5.74) is 0. The lowest BCUT2D eigenvalue weighted by Crippen LogP contribution is -2.49. The molecule has 0 amide bonds. The fourth-order valence-electron chi connectivity index (χ4n) is 3.85. The van der Waals surface area contributed by atoms with E-state index < -0.39 is 23.9 Å². The standard InChI is InChI=1S/C21H37N5O9/c1-17(27)12-26(16-21(34)35)11-4-22-2-5-23(13-18(28)29)7-9-25(15-20(32)33)10-8-24(6-3-22)14-19(30)31/h2-16H2,1H3,(H,28,29)(H,30,31)(H,32,33)(H,34,35). The zero-order chi connectivity index (χ0) is 26.4. The molecule has 0 aromatic carbocycles. The van der Waals surface area contributed by atoms with Gasteiger partial charge in [-0.05, 0) is 6.92 Å². The number of hydrogen-bond acceptors (Lipinski definition) is 10. The van der Waals surface area contributed by atoms with Crippen molar-refractivity contribution in [2.24, 2.45) is 0 Å². The Hall–Kier alpha value is -2.65. The van der Waals surface area contributed by atoms with E-state index in [0.29, 0.717) is 65.4 Å². The van der Waals surface area contributed by atoms with Crippen LogP contribution < -0.4 is 0 Å². The molecular formula is C21H37N5O9. The highest BCUT2D eigenvalue weighted by molar-refractivity contribution is 5.78. The van der Waals surface area contributed by atoms with Crippen molar-refractivity contribution in [3.8, 4) is 0 Å². The zero-order valence-corrected chi connectivity index (χ0v) is 20.2. The molecule has 200 valence electrons. The van der Waals surface area contributed by atoms with Crippen LogP contribution in [-0.2, 0) is 24.0 Å². The summed E-state index contributed by atoms with van der Waals surface area (Å²) in [4.78, 5) is 65.2. The van der Waals surface area contributed by atoms with Gasteiger partial charge in [-0.25, -0.2) is 0 Å². The molecule has 0 spiro atoms. The van der Waals surface area contributed by atoms with Gasteiger partial charge < -0.3 is 20.4 Å². The van der Waals surface area contributed by atoms with Gasteiger partial charge in [-0.1, -0.05) is 0 Å². The van der Waals surface area contributed by atoms with Crippen LogP contribution in [0.15, 0.2) is 0 Å². The van der Waals surface area contributed by atoms with Gasteiger partial charge in [-0.2, -0.15) is 0 Å². The number of Topliss-reactive ketones (excluding diaryl/α,β-unsaturated/α-hetero) is 1. The highest BCUT2D eigenvalue weighted by Crippen LogP contribution is 2.02. The minimum Gasteiger partial charge on any atom is -0.480 e. The van der Waals surface area contributed by atoms with E-state index in [4.69, 9.17) is 5.11 Å². The van der Waals surface area contributed by atoms with E-state index in [1.54, 1.807) is 14.7 Å². The molecule has 0 aliphatic carbocycles. The molecule has 1 fully saturated rings. The van der Waals surface area contributed by atoms with Gasteiger partial charge in [0.2, 0.25) is 0 Å². The Labute approximate surface area is 204 Å². The predicted octanol–water partition coefficient (Wildman–Crippen LogP) is -2.56. The van der Waals surface area contributed by atoms with Crippen molar-refractivity contribution in [2.75, 3.05) is 98.2 Å². The van der Waals surface area contributed by atoms with Crippen LogP contribution >= 0.6 is 0 Å². The molecule has 0 radical (unpaired) electrons. The molecule has 14 heteroatoms. The Morgan fingerprint density at radius 1 is 0.571 bits per heavy atom. The molecular weight excluding hydrogens is 466 g/mol. The minimum atomic E-state index is -1.05. The summed E-state index contributed by atoms with van der Waals surface area (Å²) in [7, 11) is 0. The average Bonchev–Trinajstić information content (AvgIpc) is 2.71. The monoisotopic (exact) mass is 503 g/mol. The van der Waals surface area contributed by atoms with Gasteiger partial charge in [0.1, 0.15) is 5.78 Å². The Morgan fingerprint density at radius 3 is 1.20 bits per heavy atom. The van der Waals surface area contributed by atoms with Crippen molar-refractivity contribution in [3.63, 3.8) is 0 Å². The van der Waals surface area contributed by atoms with Crippen LogP contribution in [0.3, 0.4) is 0 Å². The lowest BCUT2D eigenvalue weighted by Gasteiger charge is -2.33. The van der Waals surface area contributed by atoms with Gasteiger partial charge in [0, 0.05) is 65.4 Å². The van der Waals surface area contributed by atoms with Gasteiger partial charge in [-0.15, -0.1) is 0 Å². The summed E-state index contributed by atoms with van der Waals surface area (Å²) in [6, 6.07) is 0. The third kappa shape index (κ3) is 15.1. The summed E-state index contributed by atoms with van der Waals surface area (Å²) in [5, 5.41) is 36.9. The van der Waals surface area contributed by atoms with Crippen molar-refractivity contribution in [3.05, 3.63) is 0 Å². The first-order valence-electron chi connectivity index (χ1n) is 11.4. The Morgan fingerprint density at radius 2 is 0.914 bits per heavy atom. The second kappa shape index (κ2) is 16.1. The molecule has 1 aliphatic rings. The average molecular weight is 504 g/mol. The summed E-state index contributed by atoms with van der Waals surface area (Å²) in [5.74, 6) is -4.24. The van der Waals surface area contributed by atoms with Crippen LogP contribution in [0.25, 0.3) is 0 Å². The van der Waals surface area contributed by atoms with E-state index in [2.05, 4.69) is 0 Å². The number of nitrogens with zero attached hydrogens (tertiary/aromatic N) is 5. The molecule has 35 heavy (non-hydrogen) atoms. The van der Waals surface area contributed by atoms with Crippen molar-refractivity contribution in [1.82, 2.24) is 24.5 Å². The number of aliphatic carboxylic acids is 4. The smallest absolute Gasteiger partial charge is 0.317 e. The number of carbonyl (C=O) groups is 5. The lowest BCUT2D eigenvalue weighted by atomic mass is 10.3. The first kappa shape index (κ1) is 30.4. The summed E-state index contributed by atoms with van der Waals surface area (Å²) >= 11 is 0. The van der Waals surface area contributed by atoms with Crippen molar-refractivity contribution in [1.29, 1.82) is 0 Å². The second-order valence-electron chi connectivity index (χ2n) is 8.66.